The van der Waals surface area contributed by atoms with Crippen molar-refractivity contribution >= 4 is 66.7 Å². The van der Waals surface area contributed by atoms with Gasteiger partial charge in [0.1, 0.15) is 0 Å². The maximum absolute atomic E-state index is 5.85. The summed E-state index contributed by atoms with van der Waals surface area (Å²) in [5.41, 5.74) is 31.2. The minimum absolute atomic E-state index is 0.147. The number of hydrogen-bond donors (Lipinski definition) is 0. The zero-order valence-electron chi connectivity index (χ0n) is 53.8. The monoisotopic (exact) mass is 1260 g/mol. The van der Waals surface area contributed by atoms with Gasteiger partial charge in [0.25, 0.3) is 6.71 Å². The zero-order valence-corrected chi connectivity index (χ0v) is 53.8. The van der Waals surface area contributed by atoms with E-state index < -0.39 is 0 Å². The van der Waals surface area contributed by atoms with E-state index >= 15 is 0 Å². The predicted octanol–water partition coefficient (Wildman–Crippen LogP) is 21.5. The summed E-state index contributed by atoms with van der Waals surface area (Å²) in [6.45, 7) is -0.147. The van der Waals surface area contributed by atoms with Crippen LogP contribution in [0.3, 0.4) is 0 Å². The Morgan fingerprint density at radius 1 is 0.212 bits per heavy atom. The van der Waals surface area contributed by atoms with Crippen LogP contribution < -0.4 is 16.4 Å². The van der Waals surface area contributed by atoms with Crippen molar-refractivity contribution < 1.29 is 0 Å². The SMILES string of the molecule is c1ccc(-c2cc(-c3ccccc3)cc(-c3nc(-c4cc(-c5ccccc5)cc(-c5ccccc5)c4)nc(-c4cc5c6c(c4)-n4c7cc(-c8ccccc8)cc(-c8ccccc8)c7c7cccc(c74)B6c4cccc6c7c(-c8ccccc8)cc(-c8ccccc8)cc7n-5c46)n3)c2)cc1. The van der Waals surface area contributed by atoms with Crippen molar-refractivity contribution in [3.63, 3.8) is 0 Å². The first-order chi connectivity index (χ1) is 49.1. The molecule has 18 aromatic rings. The van der Waals surface area contributed by atoms with Crippen LogP contribution in [-0.4, -0.2) is 30.8 Å². The maximum atomic E-state index is 5.85. The van der Waals surface area contributed by atoms with Crippen molar-refractivity contribution in [3.05, 3.63) is 352 Å². The Balaban J connectivity index is 0.938. The van der Waals surface area contributed by atoms with E-state index in [0.29, 0.717) is 17.5 Å². The van der Waals surface area contributed by atoms with Gasteiger partial charge >= 0.3 is 0 Å². The highest BCUT2D eigenvalue weighted by atomic mass is 15.1. The Labute approximate surface area is 573 Å². The standard InChI is InChI=1S/C93H58BN5/c1-9-27-59(28-10-1)67-47-68(60-29-11-2-12-30-60)50-73(49-67)91-95-92(74-51-69(61-31-13-3-14-32-61)48-70(52-74)62-33-15-4-16-34-62)97-93(96-91)75-57-84-88-85(58-75)99-83-56-72(64-37-19-6-20-38-64)54-79(66-41-23-8-24-42-66)87(83)77-44-26-46-81(90(77)99)94(88)80-45-25-43-76-86-78(65-39-21-7-22-40-65)53-71(63-35-17-5-18-36-63)55-82(86)98(84)89(76)80/h1-58H. The third-order valence-electron chi connectivity index (χ3n) is 20.5. The number of rotatable bonds is 11. The number of aromatic nitrogens is 5. The lowest BCUT2D eigenvalue weighted by atomic mass is 9.34. The van der Waals surface area contributed by atoms with Crippen molar-refractivity contribution in [1.29, 1.82) is 0 Å². The highest BCUT2D eigenvalue weighted by Gasteiger charge is 2.42. The van der Waals surface area contributed by atoms with Crippen molar-refractivity contribution in [3.8, 4) is 135 Å². The molecule has 2 aliphatic heterocycles. The van der Waals surface area contributed by atoms with E-state index in [2.05, 4.69) is 361 Å². The molecule has 0 bridgehead atoms. The maximum Gasteiger partial charge on any atom is 0.252 e. The van der Waals surface area contributed by atoms with Crippen LogP contribution >= 0.6 is 0 Å². The fraction of sp³-hybridized carbons (Fsp3) is 0. The summed E-state index contributed by atoms with van der Waals surface area (Å²) in [6, 6.07) is 128. The molecule has 3 aromatic heterocycles. The van der Waals surface area contributed by atoms with E-state index in [9.17, 15) is 0 Å². The Bertz CT molecular complexity index is 5740. The molecule has 0 radical (unpaired) electrons. The first kappa shape index (κ1) is 56.3. The fourth-order valence-corrected chi connectivity index (χ4v) is 16.1. The molecule has 15 aromatic carbocycles. The number of nitrogens with zero attached hydrogens (tertiary/aromatic N) is 5. The molecular formula is C93H58BN5. The van der Waals surface area contributed by atoms with Gasteiger partial charge in [0.15, 0.2) is 17.5 Å². The second-order valence-corrected chi connectivity index (χ2v) is 26.2. The van der Waals surface area contributed by atoms with Gasteiger partial charge in [0, 0.05) is 60.6 Å². The van der Waals surface area contributed by atoms with Gasteiger partial charge in [-0.2, -0.15) is 0 Å². The first-order valence-electron chi connectivity index (χ1n) is 34.0. The van der Waals surface area contributed by atoms with Crippen molar-refractivity contribution in [1.82, 2.24) is 24.1 Å². The molecule has 6 heteroatoms. The predicted molar refractivity (Wildman–Crippen MR) is 413 cm³/mol. The zero-order chi connectivity index (χ0) is 65.1. The highest BCUT2D eigenvalue weighted by Crippen LogP contribution is 2.48. The molecule has 0 aliphatic carbocycles. The van der Waals surface area contributed by atoms with Gasteiger partial charge in [-0.3, -0.25) is 0 Å². The molecule has 5 heterocycles. The van der Waals surface area contributed by atoms with Crippen molar-refractivity contribution in [2.75, 3.05) is 0 Å². The molecule has 0 atom stereocenters. The van der Waals surface area contributed by atoms with E-state index in [-0.39, 0.29) is 6.71 Å². The molecule has 20 rings (SSSR count). The van der Waals surface area contributed by atoms with Crippen LogP contribution in [-0.2, 0) is 0 Å². The van der Waals surface area contributed by atoms with Crippen LogP contribution in [0.2, 0.25) is 0 Å². The molecule has 458 valence electrons. The minimum atomic E-state index is -0.147. The van der Waals surface area contributed by atoms with Gasteiger partial charge in [-0.05, 0) is 178 Å². The van der Waals surface area contributed by atoms with Gasteiger partial charge in [-0.25, -0.2) is 15.0 Å². The number of para-hydroxylation sites is 2. The molecule has 0 amide bonds. The summed E-state index contributed by atoms with van der Waals surface area (Å²) in [5, 5.41) is 4.84. The summed E-state index contributed by atoms with van der Waals surface area (Å²) in [5.74, 6) is 1.70. The normalized spacial score (nSPS) is 12.0. The largest absolute Gasteiger partial charge is 0.310 e. The molecule has 0 spiro atoms. The second-order valence-electron chi connectivity index (χ2n) is 26.2. The van der Waals surface area contributed by atoms with Crippen LogP contribution in [0.25, 0.3) is 178 Å². The van der Waals surface area contributed by atoms with Crippen LogP contribution in [0, 0.1) is 0 Å². The summed E-state index contributed by atoms with van der Waals surface area (Å²) in [6.07, 6.45) is 0. The van der Waals surface area contributed by atoms with Gasteiger partial charge in [-0.1, -0.05) is 279 Å². The lowest BCUT2D eigenvalue weighted by molar-refractivity contribution is 1.07. The third kappa shape index (κ3) is 9.29. The van der Waals surface area contributed by atoms with Crippen molar-refractivity contribution in [2.45, 2.75) is 0 Å². The van der Waals surface area contributed by atoms with Gasteiger partial charge in [-0.15, -0.1) is 0 Å². The number of hydrogen-bond acceptors (Lipinski definition) is 3. The smallest absolute Gasteiger partial charge is 0.252 e. The average molecular weight is 1260 g/mol. The third-order valence-corrected chi connectivity index (χ3v) is 20.5. The van der Waals surface area contributed by atoms with E-state index in [0.717, 1.165) is 106 Å². The Morgan fingerprint density at radius 2 is 0.475 bits per heavy atom. The van der Waals surface area contributed by atoms with E-state index in [1.54, 1.807) is 0 Å². The van der Waals surface area contributed by atoms with E-state index in [4.69, 9.17) is 15.0 Å². The first-order valence-corrected chi connectivity index (χ1v) is 34.0. The summed E-state index contributed by atoms with van der Waals surface area (Å²) < 4.78 is 5.21. The topological polar surface area (TPSA) is 48.5 Å². The molecule has 2 aliphatic rings. The molecule has 99 heavy (non-hydrogen) atoms. The lowest BCUT2D eigenvalue weighted by Gasteiger charge is -2.34. The van der Waals surface area contributed by atoms with Crippen LogP contribution in [0.4, 0.5) is 0 Å². The molecule has 0 saturated heterocycles. The van der Waals surface area contributed by atoms with Crippen LogP contribution in [0.5, 0.6) is 0 Å². The quantitative estimate of drug-likeness (QED) is 0.121. The van der Waals surface area contributed by atoms with Gasteiger partial charge in [0.2, 0.25) is 0 Å². The summed E-state index contributed by atoms with van der Waals surface area (Å²) in [4.78, 5) is 17.4. The van der Waals surface area contributed by atoms with Crippen molar-refractivity contribution in [2.24, 2.45) is 0 Å². The Morgan fingerprint density at radius 3 is 0.778 bits per heavy atom. The van der Waals surface area contributed by atoms with Crippen LogP contribution in [0.1, 0.15) is 0 Å². The number of benzene rings is 15. The fourth-order valence-electron chi connectivity index (χ4n) is 16.1. The molecule has 0 saturated carbocycles. The average Bonchev–Trinajstić information content (AvgIpc) is 1.54. The molecular weight excluding hydrogens is 1200 g/mol. The lowest BCUT2D eigenvalue weighted by Crippen LogP contribution is -2.59. The summed E-state index contributed by atoms with van der Waals surface area (Å²) in [7, 11) is 0. The highest BCUT2D eigenvalue weighted by molar-refractivity contribution is 7.00. The molecule has 0 N–H and O–H groups in total. The minimum Gasteiger partial charge on any atom is -0.310 e. The Hall–Kier alpha value is -13.0. The second kappa shape index (κ2) is 22.8. The molecule has 0 fully saturated rings. The van der Waals surface area contributed by atoms with Gasteiger partial charge < -0.3 is 9.13 Å². The number of fused-ring (bicyclic) bond motifs is 10. The van der Waals surface area contributed by atoms with E-state index in [1.807, 2.05) is 0 Å². The summed E-state index contributed by atoms with van der Waals surface area (Å²) >= 11 is 0. The van der Waals surface area contributed by atoms with Gasteiger partial charge in [0.05, 0.1) is 11.0 Å². The molecule has 0 unspecified atom stereocenters. The Kier molecular flexibility index (Phi) is 13.0. The van der Waals surface area contributed by atoms with E-state index in [1.165, 1.54) is 71.2 Å². The molecule has 5 nitrogen and oxygen atoms in total. The van der Waals surface area contributed by atoms with Crippen LogP contribution in [0.15, 0.2) is 352 Å².